The molecule has 0 unspecified atom stereocenters. The topological polar surface area (TPSA) is 17.1 Å². The Hall–Kier alpha value is -0.700. The molecule has 0 aliphatic rings. The van der Waals surface area contributed by atoms with Gasteiger partial charge in [-0.3, -0.25) is 4.79 Å². The van der Waals surface area contributed by atoms with Crippen molar-refractivity contribution in [3.63, 3.8) is 0 Å². The summed E-state index contributed by atoms with van der Waals surface area (Å²) in [7, 11) is 0. The number of rotatable bonds is 3. The standard InChI is InChI=1S/C11H12BrFO/c1-7(2)6-10(14)8-4-3-5-9(12)11(8)13/h3-5,7H,6H2,1-2H3. The van der Waals surface area contributed by atoms with Gasteiger partial charge in [-0.15, -0.1) is 0 Å². The average Bonchev–Trinajstić information content (AvgIpc) is 2.08. The second-order valence-corrected chi connectivity index (χ2v) is 4.48. The average molecular weight is 259 g/mol. The summed E-state index contributed by atoms with van der Waals surface area (Å²) in [5, 5.41) is 0. The molecule has 0 aliphatic carbocycles. The van der Waals surface area contributed by atoms with Crippen LogP contribution in [0.5, 0.6) is 0 Å². The molecule has 0 saturated carbocycles. The molecule has 1 aromatic carbocycles. The minimum absolute atomic E-state index is 0.140. The summed E-state index contributed by atoms with van der Waals surface area (Å²) in [6.07, 6.45) is 0.382. The molecule has 0 fully saturated rings. The Balaban J connectivity index is 2.96. The quantitative estimate of drug-likeness (QED) is 0.754. The number of ketones is 1. The summed E-state index contributed by atoms with van der Waals surface area (Å²) >= 11 is 3.05. The molecular formula is C11H12BrFO. The fourth-order valence-corrected chi connectivity index (χ4v) is 1.57. The van der Waals surface area contributed by atoms with E-state index in [1.807, 2.05) is 13.8 Å². The maximum absolute atomic E-state index is 13.4. The van der Waals surface area contributed by atoms with Crippen LogP contribution in [0.3, 0.4) is 0 Å². The third-order valence-corrected chi connectivity index (χ3v) is 2.46. The molecule has 0 spiro atoms. The van der Waals surface area contributed by atoms with Gasteiger partial charge in [0, 0.05) is 6.42 Å². The summed E-state index contributed by atoms with van der Waals surface area (Å²) in [4.78, 5) is 11.6. The van der Waals surface area contributed by atoms with E-state index in [-0.39, 0.29) is 17.3 Å². The van der Waals surface area contributed by atoms with Gasteiger partial charge in [0.15, 0.2) is 5.78 Å². The highest BCUT2D eigenvalue weighted by atomic mass is 79.9. The first-order valence-corrected chi connectivity index (χ1v) is 5.29. The minimum atomic E-state index is -0.460. The highest BCUT2D eigenvalue weighted by Crippen LogP contribution is 2.20. The zero-order valence-electron chi connectivity index (χ0n) is 8.18. The van der Waals surface area contributed by atoms with Gasteiger partial charge in [-0.1, -0.05) is 19.9 Å². The number of Topliss-reactive ketones (excluding diaryl/α,β-unsaturated/α-hetero) is 1. The predicted octanol–water partition coefficient (Wildman–Crippen LogP) is 3.82. The van der Waals surface area contributed by atoms with Crippen LogP contribution >= 0.6 is 15.9 Å². The Kier molecular flexibility index (Phi) is 3.81. The van der Waals surface area contributed by atoms with Crippen LogP contribution in [-0.4, -0.2) is 5.78 Å². The molecule has 0 amide bonds. The zero-order valence-corrected chi connectivity index (χ0v) is 9.77. The zero-order chi connectivity index (χ0) is 10.7. The van der Waals surface area contributed by atoms with E-state index in [1.165, 1.54) is 6.07 Å². The van der Waals surface area contributed by atoms with Gasteiger partial charge in [0.2, 0.25) is 0 Å². The maximum Gasteiger partial charge on any atom is 0.166 e. The Morgan fingerprint density at radius 1 is 1.50 bits per heavy atom. The van der Waals surface area contributed by atoms with E-state index in [1.54, 1.807) is 12.1 Å². The lowest BCUT2D eigenvalue weighted by molar-refractivity contribution is 0.0964. The van der Waals surface area contributed by atoms with Crippen molar-refractivity contribution in [1.29, 1.82) is 0 Å². The van der Waals surface area contributed by atoms with Crippen molar-refractivity contribution >= 4 is 21.7 Å². The summed E-state index contributed by atoms with van der Waals surface area (Å²) < 4.78 is 13.8. The first-order chi connectivity index (χ1) is 6.52. The largest absolute Gasteiger partial charge is 0.294 e. The Bertz CT molecular complexity index is 347. The van der Waals surface area contributed by atoms with Crippen LogP contribution in [0.4, 0.5) is 4.39 Å². The van der Waals surface area contributed by atoms with Crippen molar-refractivity contribution < 1.29 is 9.18 Å². The summed E-state index contributed by atoms with van der Waals surface area (Å²) in [6, 6.07) is 4.77. The first kappa shape index (κ1) is 11.4. The highest BCUT2D eigenvalue weighted by Gasteiger charge is 2.14. The molecular weight excluding hydrogens is 247 g/mol. The molecule has 3 heteroatoms. The molecule has 0 bridgehead atoms. The highest BCUT2D eigenvalue weighted by molar-refractivity contribution is 9.10. The molecule has 0 aliphatic heterocycles. The number of hydrogen-bond donors (Lipinski definition) is 0. The Labute approximate surface area is 91.5 Å². The van der Waals surface area contributed by atoms with Gasteiger partial charge in [0.1, 0.15) is 5.82 Å². The van der Waals surface area contributed by atoms with E-state index in [0.29, 0.717) is 10.9 Å². The van der Waals surface area contributed by atoms with Crippen molar-refractivity contribution in [2.45, 2.75) is 20.3 Å². The maximum atomic E-state index is 13.4. The molecule has 0 saturated heterocycles. The molecule has 0 N–H and O–H groups in total. The first-order valence-electron chi connectivity index (χ1n) is 4.49. The molecule has 0 aromatic heterocycles. The molecule has 0 heterocycles. The van der Waals surface area contributed by atoms with Gasteiger partial charge >= 0.3 is 0 Å². The summed E-state index contributed by atoms with van der Waals surface area (Å²) in [5.74, 6) is -0.349. The van der Waals surface area contributed by atoms with Gasteiger partial charge in [0.05, 0.1) is 10.0 Å². The second kappa shape index (κ2) is 4.69. The third kappa shape index (κ3) is 2.64. The Morgan fingerprint density at radius 3 is 2.71 bits per heavy atom. The molecule has 0 atom stereocenters. The lowest BCUT2D eigenvalue weighted by Crippen LogP contribution is -2.06. The predicted molar refractivity (Wildman–Crippen MR) is 57.9 cm³/mol. The molecule has 1 rings (SSSR count). The van der Waals surface area contributed by atoms with Crippen molar-refractivity contribution in [2.24, 2.45) is 5.92 Å². The van der Waals surface area contributed by atoms with E-state index in [4.69, 9.17) is 0 Å². The van der Waals surface area contributed by atoms with E-state index in [0.717, 1.165) is 0 Å². The SMILES string of the molecule is CC(C)CC(=O)c1cccc(Br)c1F. The second-order valence-electron chi connectivity index (χ2n) is 3.62. The summed E-state index contributed by atoms with van der Waals surface area (Å²) in [6.45, 7) is 3.88. The van der Waals surface area contributed by atoms with E-state index >= 15 is 0 Å². The lowest BCUT2D eigenvalue weighted by atomic mass is 10.0. The van der Waals surface area contributed by atoms with Crippen LogP contribution in [0.1, 0.15) is 30.6 Å². The van der Waals surface area contributed by atoms with Gasteiger partial charge < -0.3 is 0 Å². The number of benzene rings is 1. The van der Waals surface area contributed by atoms with Crippen LogP contribution in [-0.2, 0) is 0 Å². The van der Waals surface area contributed by atoms with Gasteiger partial charge in [0.25, 0.3) is 0 Å². The van der Waals surface area contributed by atoms with E-state index in [2.05, 4.69) is 15.9 Å². The lowest BCUT2D eigenvalue weighted by Gasteiger charge is -2.05. The van der Waals surface area contributed by atoms with Crippen LogP contribution in [0.2, 0.25) is 0 Å². The molecule has 1 nitrogen and oxygen atoms in total. The number of hydrogen-bond acceptors (Lipinski definition) is 1. The number of carbonyl (C=O) groups is 1. The normalized spacial score (nSPS) is 10.6. The van der Waals surface area contributed by atoms with Crippen molar-refractivity contribution in [3.05, 3.63) is 34.1 Å². The van der Waals surface area contributed by atoms with Gasteiger partial charge in [-0.05, 0) is 34.0 Å². The molecule has 1 aromatic rings. The van der Waals surface area contributed by atoms with Gasteiger partial charge in [-0.25, -0.2) is 4.39 Å². The van der Waals surface area contributed by atoms with Crippen LogP contribution < -0.4 is 0 Å². The fourth-order valence-electron chi connectivity index (χ4n) is 1.20. The van der Waals surface area contributed by atoms with Crippen molar-refractivity contribution in [1.82, 2.24) is 0 Å². The molecule has 0 radical (unpaired) electrons. The summed E-state index contributed by atoms with van der Waals surface area (Å²) in [5.41, 5.74) is 0.174. The minimum Gasteiger partial charge on any atom is -0.294 e. The van der Waals surface area contributed by atoms with E-state index < -0.39 is 5.82 Å². The Morgan fingerprint density at radius 2 is 2.14 bits per heavy atom. The van der Waals surface area contributed by atoms with Crippen molar-refractivity contribution in [2.75, 3.05) is 0 Å². The number of carbonyl (C=O) groups excluding carboxylic acids is 1. The fraction of sp³-hybridized carbons (Fsp3) is 0.364. The van der Waals surface area contributed by atoms with Crippen LogP contribution in [0.15, 0.2) is 22.7 Å². The van der Waals surface area contributed by atoms with Crippen LogP contribution in [0, 0.1) is 11.7 Å². The van der Waals surface area contributed by atoms with Gasteiger partial charge in [-0.2, -0.15) is 0 Å². The van der Waals surface area contributed by atoms with E-state index in [9.17, 15) is 9.18 Å². The van der Waals surface area contributed by atoms with Crippen molar-refractivity contribution in [3.8, 4) is 0 Å². The molecule has 76 valence electrons. The van der Waals surface area contributed by atoms with Crippen LogP contribution in [0.25, 0.3) is 0 Å². The monoisotopic (exact) mass is 258 g/mol. The molecule has 14 heavy (non-hydrogen) atoms. The smallest absolute Gasteiger partial charge is 0.166 e. The third-order valence-electron chi connectivity index (χ3n) is 1.85. The number of halogens is 2.